The van der Waals surface area contributed by atoms with Crippen LogP contribution in [0, 0.1) is 11.6 Å². The summed E-state index contributed by atoms with van der Waals surface area (Å²) in [6, 6.07) is 4.78. The summed E-state index contributed by atoms with van der Waals surface area (Å²) in [6.07, 6.45) is 4.73. The topological polar surface area (TPSA) is 72.4 Å². The van der Waals surface area contributed by atoms with Gasteiger partial charge in [0, 0.05) is 11.8 Å². The van der Waals surface area contributed by atoms with Gasteiger partial charge in [0.1, 0.15) is 5.67 Å². The van der Waals surface area contributed by atoms with Crippen LogP contribution in [0.5, 0.6) is 0 Å². The van der Waals surface area contributed by atoms with Gasteiger partial charge in [0.25, 0.3) is 5.91 Å². The molecule has 0 aliphatic heterocycles. The van der Waals surface area contributed by atoms with Gasteiger partial charge in [-0.3, -0.25) is 4.79 Å². The summed E-state index contributed by atoms with van der Waals surface area (Å²) in [5.74, 6) is -2.59. The van der Waals surface area contributed by atoms with Crippen LogP contribution < -0.4 is 11.1 Å². The zero-order chi connectivity index (χ0) is 20.1. The fraction of sp³-hybridized carbons (Fsp3) is 0.300. The fourth-order valence-corrected chi connectivity index (χ4v) is 3.75. The number of benzene rings is 1. The van der Waals surface area contributed by atoms with Gasteiger partial charge in [-0.15, -0.1) is 0 Å². The Morgan fingerprint density at radius 3 is 2.71 bits per heavy atom. The first-order valence-electron chi connectivity index (χ1n) is 8.98. The van der Waals surface area contributed by atoms with Crippen LogP contribution in [0.25, 0.3) is 16.6 Å². The maximum atomic E-state index is 14.8. The molecule has 2 atom stereocenters. The molecule has 1 aliphatic rings. The monoisotopic (exact) mass is 388 g/mol. The number of carbonyl (C=O) groups excluding carboxylic acids is 1. The van der Waals surface area contributed by atoms with E-state index in [1.54, 1.807) is 12.3 Å². The zero-order valence-corrected chi connectivity index (χ0v) is 15.2. The fourth-order valence-electron chi connectivity index (χ4n) is 3.75. The molecule has 1 fully saturated rings. The predicted octanol–water partition coefficient (Wildman–Crippen LogP) is 4.07. The molecule has 2 aromatic heterocycles. The number of halogens is 3. The SMILES string of the molecule is CC1(F)CCCC1Nc1c(C(N)=O)cnn2cc(-c3ccc(F)c(F)c3)cc12. The summed E-state index contributed by atoms with van der Waals surface area (Å²) in [5, 5.41) is 7.31. The van der Waals surface area contributed by atoms with Crippen LogP contribution in [0.3, 0.4) is 0 Å². The third-order valence-electron chi connectivity index (χ3n) is 5.36. The Morgan fingerprint density at radius 2 is 2.07 bits per heavy atom. The highest BCUT2D eigenvalue weighted by molar-refractivity contribution is 6.02. The van der Waals surface area contributed by atoms with Crippen LogP contribution in [0.2, 0.25) is 0 Å². The smallest absolute Gasteiger partial charge is 0.252 e. The first kappa shape index (κ1) is 18.3. The minimum Gasteiger partial charge on any atom is -0.377 e. The maximum Gasteiger partial charge on any atom is 0.252 e. The molecule has 28 heavy (non-hydrogen) atoms. The number of fused-ring (bicyclic) bond motifs is 1. The maximum absolute atomic E-state index is 14.8. The molecule has 3 N–H and O–H groups in total. The van der Waals surface area contributed by atoms with Crippen molar-refractivity contribution in [1.29, 1.82) is 0 Å². The molecule has 1 amide bonds. The Bertz CT molecular complexity index is 1080. The Kier molecular flexibility index (Phi) is 4.28. The average molecular weight is 388 g/mol. The minimum atomic E-state index is -1.41. The van der Waals surface area contributed by atoms with Crippen LogP contribution in [-0.2, 0) is 0 Å². The van der Waals surface area contributed by atoms with Crippen LogP contribution in [0.15, 0.2) is 36.7 Å². The molecule has 4 rings (SSSR count). The number of primary amides is 1. The second-order valence-corrected chi connectivity index (χ2v) is 7.35. The van der Waals surface area contributed by atoms with Crippen LogP contribution >= 0.6 is 0 Å². The van der Waals surface area contributed by atoms with Crippen molar-refractivity contribution in [2.75, 3.05) is 5.32 Å². The van der Waals surface area contributed by atoms with E-state index in [-0.39, 0.29) is 5.56 Å². The lowest BCUT2D eigenvalue weighted by atomic mass is 10.0. The van der Waals surface area contributed by atoms with Crippen LogP contribution in [0.1, 0.15) is 36.5 Å². The second-order valence-electron chi connectivity index (χ2n) is 7.35. The number of hydrogen-bond donors (Lipinski definition) is 2. The quantitative estimate of drug-likeness (QED) is 0.708. The number of hydrogen-bond acceptors (Lipinski definition) is 3. The second kappa shape index (κ2) is 6.54. The van der Waals surface area contributed by atoms with Crippen molar-refractivity contribution in [3.63, 3.8) is 0 Å². The Balaban J connectivity index is 1.83. The number of aromatic nitrogens is 2. The Labute approximate surface area is 159 Å². The van der Waals surface area contributed by atoms with Crippen LogP contribution in [-0.4, -0.2) is 27.2 Å². The molecule has 0 spiro atoms. The molecule has 0 bridgehead atoms. The summed E-state index contributed by atoms with van der Waals surface area (Å²) < 4.78 is 43.1. The summed E-state index contributed by atoms with van der Waals surface area (Å²) in [6.45, 7) is 1.53. The van der Waals surface area contributed by atoms with E-state index in [0.29, 0.717) is 35.2 Å². The Hall–Kier alpha value is -3.03. The Morgan fingerprint density at radius 1 is 1.29 bits per heavy atom. The largest absolute Gasteiger partial charge is 0.377 e. The van der Waals surface area contributed by atoms with Gasteiger partial charge in [-0.25, -0.2) is 17.7 Å². The standard InChI is InChI=1S/C20H19F3N4O/c1-20(23)6-2-3-17(20)26-18-13(19(24)28)9-25-27-10-12(8-16(18)27)11-4-5-14(21)15(22)7-11/h4-5,7-10,17,26H,2-3,6H2,1H3,(H2,24,28). The van der Waals surface area contributed by atoms with Crippen molar-refractivity contribution in [2.45, 2.75) is 37.9 Å². The number of nitrogens with one attached hydrogen (secondary N) is 1. The van der Waals surface area contributed by atoms with Gasteiger partial charge in [-0.1, -0.05) is 6.07 Å². The molecule has 2 unspecified atom stereocenters. The lowest BCUT2D eigenvalue weighted by Crippen LogP contribution is -2.36. The van der Waals surface area contributed by atoms with Crippen molar-refractivity contribution in [2.24, 2.45) is 5.73 Å². The van der Waals surface area contributed by atoms with Crippen molar-refractivity contribution in [3.8, 4) is 11.1 Å². The number of alkyl halides is 1. The van der Waals surface area contributed by atoms with E-state index < -0.39 is 29.3 Å². The summed E-state index contributed by atoms with van der Waals surface area (Å²) in [5.41, 5.74) is 6.13. The lowest BCUT2D eigenvalue weighted by Gasteiger charge is -2.26. The van der Waals surface area contributed by atoms with Crippen molar-refractivity contribution >= 4 is 17.1 Å². The average Bonchev–Trinajstić information content (AvgIpc) is 3.21. The highest BCUT2D eigenvalue weighted by Gasteiger charge is 2.39. The molecule has 5 nitrogen and oxygen atoms in total. The minimum absolute atomic E-state index is 0.144. The van der Waals surface area contributed by atoms with E-state index >= 15 is 0 Å². The summed E-state index contributed by atoms with van der Waals surface area (Å²) in [4.78, 5) is 11.9. The van der Waals surface area contributed by atoms with Gasteiger partial charge < -0.3 is 11.1 Å². The highest BCUT2D eigenvalue weighted by atomic mass is 19.2. The van der Waals surface area contributed by atoms with E-state index in [4.69, 9.17) is 5.73 Å². The predicted molar refractivity (Wildman–Crippen MR) is 99.8 cm³/mol. The van der Waals surface area contributed by atoms with Crippen molar-refractivity contribution in [1.82, 2.24) is 9.61 Å². The highest BCUT2D eigenvalue weighted by Crippen LogP contribution is 2.37. The third-order valence-corrected chi connectivity index (χ3v) is 5.36. The molecule has 3 aromatic rings. The van der Waals surface area contributed by atoms with E-state index in [0.717, 1.165) is 18.6 Å². The van der Waals surface area contributed by atoms with Gasteiger partial charge >= 0.3 is 0 Å². The molecule has 1 aromatic carbocycles. The van der Waals surface area contributed by atoms with Crippen molar-refractivity contribution < 1.29 is 18.0 Å². The van der Waals surface area contributed by atoms with E-state index in [2.05, 4.69) is 10.4 Å². The van der Waals surface area contributed by atoms with E-state index in [1.807, 2.05) is 0 Å². The lowest BCUT2D eigenvalue weighted by molar-refractivity contribution is 0.1000. The number of carbonyl (C=O) groups is 1. The van der Waals surface area contributed by atoms with Gasteiger partial charge in [0.15, 0.2) is 11.6 Å². The number of nitrogens with two attached hydrogens (primary N) is 1. The number of rotatable bonds is 4. The molecule has 2 heterocycles. The molecule has 146 valence electrons. The van der Waals surface area contributed by atoms with Crippen molar-refractivity contribution in [3.05, 3.63) is 53.9 Å². The number of nitrogens with zero attached hydrogens (tertiary/aromatic N) is 2. The molecule has 8 heteroatoms. The molecule has 0 radical (unpaired) electrons. The van der Waals surface area contributed by atoms with E-state index in [1.165, 1.54) is 23.7 Å². The van der Waals surface area contributed by atoms with Gasteiger partial charge in [-0.05, 0) is 49.9 Å². The molecule has 1 saturated carbocycles. The first-order chi connectivity index (χ1) is 13.3. The summed E-state index contributed by atoms with van der Waals surface area (Å²) >= 11 is 0. The molecular formula is C20H19F3N4O. The number of amides is 1. The zero-order valence-electron chi connectivity index (χ0n) is 15.2. The molecular weight excluding hydrogens is 369 g/mol. The molecule has 1 aliphatic carbocycles. The first-order valence-corrected chi connectivity index (χ1v) is 8.98. The van der Waals surface area contributed by atoms with Gasteiger partial charge in [-0.2, -0.15) is 5.10 Å². The number of anilines is 1. The van der Waals surface area contributed by atoms with Crippen LogP contribution in [0.4, 0.5) is 18.9 Å². The van der Waals surface area contributed by atoms with Gasteiger partial charge in [0.2, 0.25) is 0 Å². The van der Waals surface area contributed by atoms with Gasteiger partial charge in [0.05, 0.1) is 29.0 Å². The normalized spacial score (nSPS) is 21.9. The molecule has 0 saturated heterocycles. The summed E-state index contributed by atoms with van der Waals surface area (Å²) in [7, 11) is 0. The van der Waals surface area contributed by atoms with E-state index in [9.17, 15) is 18.0 Å². The third kappa shape index (κ3) is 3.08.